The van der Waals surface area contributed by atoms with Gasteiger partial charge in [-0.25, -0.2) is 9.59 Å². The van der Waals surface area contributed by atoms with Crippen LogP contribution in [0.4, 0.5) is 4.79 Å². The van der Waals surface area contributed by atoms with E-state index in [1.807, 2.05) is 24.3 Å². The Kier molecular flexibility index (Phi) is 8.08. The molecule has 0 saturated heterocycles. The van der Waals surface area contributed by atoms with Crippen LogP contribution in [-0.2, 0) is 14.3 Å². The van der Waals surface area contributed by atoms with Crippen molar-refractivity contribution in [3.05, 3.63) is 59.7 Å². The van der Waals surface area contributed by atoms with Crippen LogP contribution in [0.2, 0.25) is 0 Å². The first-order valence-corrected chi connectivity index (χ1v) is 10.7. The fraction of sp³-hybridized carbons (Fsp3) is 0.375. The number of hydrogen-bond acceptors (Lipinski definition) is 5. The van der Waals surface area contributed by atoms with Gasteiger partial charge in [-0.05, 0) is 35.1 Å². The predicted molar refractivity (Wildman–Crippen MR) is 124 cm³/mol. The minimum absolute atomic E-state index is 0.0396. The van der Waals surface area contributed by atoms with E-state index in [9.17, 15) is 9.59 Å². The monoisotopic (exact) mass is 438 g/mol. The minimum Gasteiger partial charge on any atom is -0.467 e. The van der Waals surface area contributed by atoms with Crippen LogP contribution in [0.3, 0.4) is 0 Å². The van der Waals surface area contributed by atoms with Gasteiger partial charge in [0.25, 0.3) is 0 Å². The summed E-state index contributed by atoms with van der Waals surface area (Å²) >= 11 is 0. The van der Waals surface area contributed by atoms with Gasteiger partial charge in [-0.15, -0.1) is 0 Å². The van der Waals surface area contributed by atoms with Crippen molar-refractivity contribution in [2.45, 2.75) is 24.8 Å². The van der Waals surface area contributed by atoms with Crippen LogP contribution in [0.1, 0.15) is 29.9 Å². The normalized spacial score (nSPS) is 13.5. The second-order valence-electron chi connectivity index (χ2n) is 7.44. The number of carbonyl (C=O) groups is 2. The molecule has 0 aromatic heterocycles. The summed E-state index contributed by atoms with van der Waals surface area (Å²) in [7, 11) is 4.75. The van der Waals surface area contributed by atoms with Gasteiger partial charge in [0.1, 0.15) is 12.6 Å². The smallest absolute Gasteiger partial charge is 0.407 e. The lowest BCUT2D eigenvalue weighted by Crippen LogP contribution is -2.43. The topological polar surface area (TPSA) is 101 Å². The minimum atomic E-state index is -0.783. The second kappa shape index (κ2) is 11.2. The number of methoxy groups -OCH3 is 1. The zero-order valence-corrected chi connectivity index (χ0v) is 18.7. The van der Waals surface area contributed by atoms with Crippen molar-refractivity contribution in [2.24, 2.45) is 4.99 Å². The van der Waals surface area contributed by atoms with Crippen molar-refractivity contribution in [2.75, 3.05) is 34.4 Å². The number of ether oxygens (including phenoxy) is 2. The van der Waals surface area contributed by atoms with Crippen LogP contribution in [0.5, 0.6) is 0 Å². The summed E-state index contributed by atoms with van der Waals surface area (Å²) in [6.45, 7) is 0.779. The van der Waals surface area contributed by atoms with Crippen molar-refractivity contribution in [1.82, 2.24) is 16.0 Å². The number of nitrogens with one attached hydrogen (secondary N) is 3. The largest absolute Gasteiger partial charge is 0.467 e. The quantitative estimate of drug-likeness (QED) is 0.254. The number of benzene rings is 2. The number of hydrogen-bond donors (Lipinski definition) is 3. The molecule has 1 aliphatic rings. The molecule has 1 unspecified atom stereocenters. The van der Waals surface area contributed by atoms with E-state index in [2.05, 4.69) is 45.2 Å². The highest BCUT2D eigenvalue weighted by molar-refractivity contribution is 5.82. The van der Waals surface area contributed by atoms with Crippen molar-refractivity contribution in [1.29, 1.82) is 0 Å². The molecule has 1 aliphatic carbocycles. The third kappa shape index (κ3) is 5.38. The molecule has 1 amide bonds. The SMILES string of the molecule is CN=C(NC)NCCCC(NC(=O)OCC1c2ccccc2-c2ccccc21)C(=O)OC. The number of guanidine groups is 1. The van der Waals surface area contributed by atoms with Crippen molar-refractivity contribution >= 4 is 18.0 Å². The summed E-state index contributed by atoms with van der Waals surface area (Å²) in [4.78, 5) is 28.7. The van der Waals surface area contributed by atoms with Gasteiger partial charge >= 0.3 is 12.1 Å². The number of nitrogens with zero attached hydrogens (tertiary/aromatic N) is 1. The fourth-order valence-corrected chi connectivity index (χ4v) is 3.97. The molecule has 2 aromatic rings. The van der Waals surface area contributed by atoms with E-state index in [1.165, 1.54) is 7.11 Å². The third-order valence-electron chi connectivity index (χ3n) is 5.54. The van der Waals surface area contributed by atoms with Crippen LogP contribution < -0.4 is 16.0 Å². The number of carbonyl (C=O) groups excluding carboxylic acids is 2. The van der Waals surface area contributed by atoms with Gasteiger partial charge in [0.05, 0.1) is 7.11 Å². The van der Waals surface area contributed by atoms with Crippen molar-refractivity contribution < 1.29 is 19.1 Å². The van der Waals surface area contributed by atoms with Gasteiger partial charge in [0.15, 0.2) is 5.96 Å². The maximum absolute atomic E-state index is 12.5. The Hall–Kier alpha value is -3.55. The highest BCUT2D eigenvalue weighted by Gasteiger charge is 2.29. The van der Waals surface area contributed by atoms with Gasteiger partial charge in [0.2, 0.25) is 0 Å². The fourth-order valence-electron chi connectivity index (χ4n) is 3.97. The Morgan fingerprint density at radius 1 is 1.06 bits per heavy atom. The summed E-state index contributed by atoms with van der Waals surface area (Å²) in [5, 5.41) is 8.68. The molecule has 0 heterocycles. The number of rotatable bonds is 8. The molecule has 8 heteroatoms. The van der Waals surface area contributed by atoms with Crippen LogP contribution in [-0.4, -0.2) is 58.4 Å². The molecular weight excluding hydrogens is 408 g/mol. The lowest BCUT2D eigenvalue weighted by Gasteiger charge is -2.18. The molecule has 0 aliphatic heterocycles. The zero-order chi connectivity index (χ0) is 22.9. The standard InChI is InChI=1S/C24H30N4O4/c1-25-23(26-2)27-14-8-13-21(22(29)31-3)28-24(30)32-15-20-18-11-6-4-9-16(18)17-10-5-7-12-19(17)20/h4-7,9-12,20-21H,8,13-15H2,1-3H3,(H,28,30)(H2,25,26,27). The maximum Gasteiger partial charge on any atom is 0.407 e. The van der Waals surface area contributed by atoms with E-state index in [0.717, 1.165) is 22.3 Å². The lowest BCUT2D eigenvalue weighted by atomic mass is 9.98. The molecule has 8 nitrogen and oxygen atoms in total. The van der Waals surface area contributed by atoms with E-state index in [4.69, 9.17) is 9.47 Å². The Bertz CT molecular complexity index is 930. The predicted octanol–water partition coefficient (Wildman–Crippen LogP) is 2.64. The molecular formula is C24H30N4O4. The van der Waals surface area contributed by atoms with Crippen molar-refractivity contribution in [3.63, 3.8) is 0 Å². The van der Waals surface area contributed by atoms with Gasteiger partial charge in [-0.2, -0.15) is 0 Å². The molecule has 0 spiro atoms. The van der Waals surface area contributed by atoms with E-state index in [-0.39, 0.29) is 12.5 Å². The highest BCUT2D eigenvalue weighted by atomic mass is 16.6. The maximum atomic E-state index is 12.5. The molecule has 0 radical (unpaired) electrons. The van der Waals surface area contributed by atoms with E-state index < -0.39 is 18.1 Å². The number of aliphatic imine (C=N–C) groups is 1. The average Bonchev–Trinajstić information content (AvgIpc) is 3.15. The molecule has 0 fully saturated rings. The molecule has 0 saturated carbocycles. The van der Waals surface area contributed by atoms with Gasteiger partial charge < -0.3 is 25.4 Å². The second-order valence-corrected chi connectivity index (χ2v) is 7.44. The lowest BCUT2D eigenvalue weighted by molar-refractivity contribution is -0.143. The molecule has 3 rings (SSSR count). The van der Waals surface area contributed by atoms with E-state index >= 15 is 0 Å². The van der Waals surface area contributed by atoms with Crippen molar-refractivity contribution in [3.8, 4) is 11.1 Å². The molecule has 170 valence electrons. The van der Waals surface area contributed by atoms with Crippen LogP contribution in [0.25, 0.3) is 11.1 Å². The molecule has 1 atom stereocenters. The Morgan fingerprint density at radius 2 is 1.69 bits per heavy atom. The van der Waals surface area contributed by atoms with Gasteiger partial charge in [0, 0.05) is 26.6 Å². The number of esters is 1. The third-order valence-corrected chi connectivity index (χ3v) is 5.54. The van der Waals surface area contributed by atoms with Crippen LogP contribution in [0, 0.1) is 0 Å². The summed E-state index contributed by atoms with van der Waals surface area (Å²) in [6.07, 6.45) is 0.399. The Morgan fingerprint density at radius 3 is 2.25 bits per heavy atom. The Balaban J connectivity index is 1.57. The molecule has 3 N–H and O–H groups in total. The number of amides is 1. The molecule has 32 heavy (non-hydrogen) atoms. The summed E-state index contributed by atoms with van der Waals surface area (Å²) in [6, 6.07) is 15.5. The van der Waals surface area contributed by atoms with E-state index in [1.54, 1.807) is 14.1 Å². The molecule has 2 aromatic carbocycles. The summed E-state index contributed by atoms with van der Waals surface area (Å²) in [5.74, 6) is 0.114. The number of fused-ring (bicyclic) bond motifs is 3. The Labute approximate surface area is 188 Å². The first-order valence-electron chi connectivity index (χ1n) is 10.7. The van der Waals surface area contributed by atoms with E-state index in [0.29, 0.717) is 25.3 Å². The highest BCUT2D eigenvalue weighted by Crippen LogP contribution is 2.44. The summed E-state index contributed by atoms with van der Waals surface area (Å²) < 4.78 is 10.4. The zero-order valence-electron chi connectivity index (χ0n) is 18.7. The average molecular weight is 439 g/mol. The molecule has 0 bridgehead atoms. The van der Waals surface area contributed by atoms with Crippen LogP contribution in [0.15, 0.2) is 53.5 Å². The first kappa shape index (κ1) is 23.1. The van der Waals surface area contributed by atoms with Gasteiger partial charge in [-0.3, -0.25) is 4.99 Å². The number of alkyl carbamates (subject to hydrolysis) is 1. The summed E-state index contributed by atoms with van der Waals surface area (Å²) in [5.41, 5.74) is 4.59. The first-order chi connectivity index (χ1) is 15.6. The van der Waals surface area contributed by atoms with Crippen LogP contribution >= 0.6 is 0 Å². The van der Waals surface area contributed by atoms with Gasteiger partial charge in [-0.1, -0.05) is 48.5 Å².